The van der Waals surface area contributed by atoms with Crippen LogP contribution in [0.2, 0.25) is 0 Å². The Morgan fingerprint density at radius 2 is 1.89 bits per heavy atom. The first-order valence-corrected chi connectivity index (χ1v) is 9.36. The van der Waals surface area contributed by atoms with Gasteiger partial charge in [0.15, 0.2) is 5.82 Å². The third kappa shape index (κ3) is 3.41. The standard InChI is InChI=1S/C21H12ClN3OS/c22-17(10-13-6-8-14(11-23)9-7-13)19-24-20(26)18-16(12-27-21(18)25-19)15-4-2-1-3-5-15/h1-10,12H,(H,24,25,26)/b17-10+. The molecule has 0 bridgehead atoms. The van der Waals surface area contributed by atoms with Crippen LogP contribution in [0, 0.1) is 11.3 Å². The average Bonchev–Trinajstić information content (AvgIpc) is 3.14. The van der Waals surface area contributed by atoms with Crippen molar-refractivity contribution < 1.29 is 0 Å². The number of nitriles is 1. The van der Waals surface area contributed by atoms with Gasteiger partial charge in [-0.25, -0.2) is 4.98 Å². The normalized spacial score (nSPS) is 11.5. The van der Waals surface area contributed by atoms with Gasteiger partial charge in [0.2, 0.25) is 0 Å². The predicted octanol–water partition coefficient (Wildman–Crippen LogP) is 5.26. The van der Waals surface area contributed by atoms with Crippen molar-refractivity contribution in [1.29, 1.82) is 5.26 Å². The minimum absolute atomic E-state index is 0.221. The molecule has 2 aromatic heterocycles. The molecule has 130 valence electrons. The number of H-pyrrole nitrogens is 1. The highest BCUT2D eigenvalue weighted by molar-refractivity contribution is 7.17. The van der Waals surface area contributed by atoms with E-state index in [1.807, 2.05) is 35.7 Å². The number of fused-ring (bicyclic) bond motifs is 1. The van der Waals surface area contributed by atoms with Crippen LogP contribution in [-0.2, 0) is 0 Å². The Kier molecular flexibility index (Phi) is 4.59. The smallest absolute Gasteiger partial charge is 0.260 e. The van der Waals surface area contributed by atoms with Gasteiger partial charge in [0, 0.05) is 10.9 Å². The maximum absolute atomic E-state index is 12.7. The molecule has 4 rings (SSSR count). The van der Waals surface area contributed by atoms with Crippen molar-refractivity contribution in [3.63, 3.8) is 0 Å². The van der Waals surface area contributed by atoms with E-state index in [1.54, 1.807) is 30.3 Å². The Labute approximate surface area is 164 Å². The first-order chi connectivity index (χ1) is 13.2. The molecule has 0 aliphatic carbocycles. The van der Waals surface area contributed by atoms with E-state index >= 15 is 0 Å². The van der Waals surface area contributed by atoms with E-state index < -0.39 is 0 Å². The summed E-state index contributed by atoms with van der Waals surface area (Å²) < 4.78 is 0. The van der Waals surface area contributed by atoms with Crippen LogP contribution in [0.25, 0.3) is 32.5 Å². The summed E-state index contributed by atoms with van der Waals surface area (Å²) in [6.45, 7) is 0. The average molecular weight is 390 g/mol. The van der Waals surface area contributed by atoms with Gasteiger partial charge in [0.05, 0.1) is 22.1 Å². The minimum Gasteiger partial charge on any atom is -0.305 e. The minimum atomic E-state index is -0.221. The maximum Gasteiger partial charge on any atom is 0.260 e. The van der Waals surface area contributed by atoms with E-state index in [1.165, 1.54) is 11.3 Å². The topological polar surface area (TPSA) is 69.5 Å². The highest BCUT2D eigenvalue weighted by Gasteiger charge is 2.14. The summed E-state index contributed by atoms with van der Waals surface area (Å²) in [6.07, 6.45) is 1.71. The zero-order valence-electron chi connectivity index (χ0n) is 13.9. The van der Waals surface area contributed by atoms with Crippen molar-refractivity contribution in [3.8, 4) is 17.2 Å². The highest BCUT2D eigenvalue weighted by Crippen LogP contribution is 2.31. The van der Waals surface area contributed by atoms with Crippen molar-refractivity contribution in [2.45, 2.75) is 0 Å². The number of thiophene rings is 1. The Balaban J connectivity index is 1.76. The Morgan fingerprint density at radius 3 is 2.59 bits per heavy atom. The van der Waals surface area contributed by atoms with Crippen molar-refractivity contribution in [2.75, 3.05) is 0 Å². The van der Waals surface area contributed by atoms with Crippen molar-refractivity contribution in [2.24, 2.45) is 0 Å². The summed E-state index contributed by atoms with van der Waals surface area (Å²) in [5.74, 6) is 0.319. The van der Waals surface area contributed by atoms with Crippen LogP contribution in [0.5, 0.6) is 0 Å². The molecule has 0 amide bonds. The molecule has 2 aromatic carbocycles. The van der Waals surface area contributed by atoms with Gasteiger partial charge in [-0.3, -0.25) is 4.79 Å². The number of aromatic nitrogens is 2. The van der Waals surface area contributed by atoms with E-state index in [-0.39, 0.29) is 5.56 Å². The summed E-state index contributed by atoms with van der Waals surface area (Å²) in [6, 6.07) is 18.8. The van der Waals surface area contributed by atoms with Crippen molar-refractivity contribution in [3.05, 3.63) is 87.3 Å². The molecule has 6 heteroatoms. The van der Waals surface area contributed by atoms with Gasteiger partial charge in [-0.05, 0) is 29.3 Å². The Bertz CT molecular complexity index is 1250. The fourth-order valence-electron chi connectivity index (χ4n) is 2.76. The zero-order chi connectivity index (χ0) is 18.8. The third-order valence-electron chi connectivity index (χ3n) is 4.09. The van der Waals surface area contributed by atoms with E-state index in [2.05, 4.69) is 16.0 Å². The largest absolute Gasteiger partial charge is 0.305 e. The molecule has 0 atom stereocenters. The van der Waals surface area contributed by atoms with Gasteiger partial charge in [0.25, 0.3) is 5.56 Å². The molecule has 1 N–H and O–H groups in total. The molecule has 2 heterocycles. The van der Waals surface area contributed by atoms with Gasteiger partial charge in [-0.1, -0.05) is 54.1 Å². The summed E-state index contributed by atoms with van der Waals surface area (Å²) in [5.41, 5.74) is 3.01. The van der Waals surface area contributed by atoms with Gasteiger partial charge in [-0.2, -0.15) is 5.26 Å². The number of halogens is 1. The second-order valence-electron chi connectivity index (χ2n) is 5.84. The van der Waals surface area contributed by atoms with Crippen molar-refractivity contribution >= 4 is 44.3 Å². The van der Waals surface area contributed by atoms with Gasteiger partial charge < -0.3 is 4.98 Å². The second kappa shape index (κ2) is 7.20. The summed E-state index contributed by atoms with van der Waals surface area (Å²) in [5, 5.41) is 11.7. The number of hydrogen-bond acceptors (Lipinski definition) is 4. The molecule has 0 aliphatic rings. The molecular formula is C21H12ClN3OS. The number of nitrogens with one attached hydrogen (secondary N) is 1. The molecule has 0 unspecified atom stereocenters. The first-order valence-electron chi connectivity index (χ1n) is 8.10. The molecule has 27 heavy (non-hydrogen) atoms. The monoisotopic (exact) mass is 389 g/mol. The summed E-state index contributed by atoms with van der Waals surface area (Å²) in [4.78, 5) is 20.6. The van der Waals surface area contributed by atoms with Gasteiger partial charge in [-0.15, -0.1) is 11.3 Å². The van der Waals surface area contributed by atoms with Crippen LogP contribution in [-0.4, -0.2) is 9.97 Å². The van der Waals surface area contributed by atoms with Gasteiger partial charge >= 0.3 is 0 Å². The molecule has 0 saturated heterocycles. The molecular weight excluding hydrogens is 378 g/mol. The number of rotatable bonds is 3. The number of nitrogens with zero attached hydrogens (tertiary/aromatic N) is 2. The predicted molar refractivity (Wildman–Crippen MR) is 111 cm³/mol. The van der Waals surface area contributed by atoms with E-state index in [0.29, 0.717) is 26.6 Å². The quantitative estimate of drug-likeness (QED) is 0.519. The first kappa shape index (κ1) is 17.2. The van der Waals surface area contributed by atoms with Gasteiger partial charge in [0.1, 0.15) is 4.83 Å². The number of hydrogen-bond donors (Lipinski definition) is 1. The van der Waals surface area contributed by atoms with Crippen LogP contribution in [0.1, 0.15) is 17.0 Å². The molecule has 0 spiro atoms. The lowest BCUT2D eigenvalue weighted by atomic mass is 10.1. The third-order valence-corrected chi connectivity index (χ3v) is 5.25. The molecule has 4 aromatic rings. The van der Waals surface area contributed by atoms with E-state index in [4.69, 9.17) is 16.9 Å². The van der Waals surface area contributed by atoms with Crippen LogP contribution in [0.15, 0.2) is 64.8 Å². The number of aromatic amines is 1. The lowest BCUT2D eigenvalue weighted by molar-refractivity contribution is 1.14. The van der Waals surface area contributed by atoms with Crippen LogP contribution >= 0.6 is 22.9 Å². The highest BCUT2D eigenvalue weighted by atomic mass is 35.5. The zero-order valence-corrected chi connectivity index (χ0v) is 15.5. The van der Waals surface area contributed by atoms with Crippen LogP contribution in [0.4, 0.5) is 0 Å². The lowest BCUT2D eigenvalue weighted by Gasteiger charge is -2.02. The maximum atomic E-state index is 12.7. The van der Waals surface area contributed by atoms with Crippen molar-refractivity contribution in [1.82, 2.24) is 9.97 Å². The SMILES string of the molecule is N#Cc1ccc(/C=C(/Cl)c2nc3scc(-c4ccccc4)c3c(=O)[nH]2)cc1. The summed E-state index contributed by atoms with van der Waals surface area (Å²) >= 11 is 7.79. The van der Waals surface area contributed by atoms with Crippen LogP contribution < -0.4 is 5.56 Å². The molecule has 0 radical (unpaired) electrons. The number of benzene rings is 2. The molecule has 0 saturated carbocycles. The van der Waals surface area contributed by atoms with E-state index in [9.17, 15) is 4.79 Å². The molecule has 0 fully saturated rings. The molecule has 4 nitrogen and oxygen atoms in total. The second-order valence-corrected chi connectivity index (χ2v) is 7.10. The fraction of sp³-hybridized carbons (Fsp3) is 0. The summed E-state index contributed by atoms with van der Waals surface area (Å²) in [7, 11) is 0. The Hall–Kier alpha value is -3.20. The lowest BCUT2D eigenvalue weighted by Crippen LogP contribution is -2.10. The van der Waals surface area contributed by atoms with Crippen LogP contribution in [0.3, 0.4) is 0 Å². The Morgan fingerprint density at radius 1 is 1.15 bits per heavy atom. The fourth-order valence-corrected chi connectivity index (χ4v) is 3.92. The molecule has 0 aliphatic heterocycles. The van der Waals surface area contributed by atoms with E-state index in [0.717, 1.165) is 16.7 Å².